The Balaban J connectivity index is 1.78. The maximum Gasteiger partial charge on any atom is 0.119 e. The highest BCUT2D eigenvalue weighted by Gasteiger charge is 2.19. The lowest BCUT2D eigenvalue weighted by molar-refractivity contribution is 0.249. The molecule has 0 aromatic heterocycles. The van der Waals surface area contributed by atoms with E-state index in [2.05, 4.69) is 24.1 Å². The molecule has 1 aromatic rings. The highest BCUT2D eigenvalue weighted by Crippen LogP contribution is 2.18. The van der Waals surface area contributed by atoms with Crippen LogP contribution in [0.25, 0.3) is 0 Å². The van der Waals surface area contributed by atoms with Gasteiger partial charge in [-0.3, -0.25) is 0 Å². The van der Waals surface area contributed by atoms with Gasteiger partial charge in [0.15, 0.2) is 0 Å². The molecule has 0 saturated carbocycles. The Morgan fingerprint density at radius 1 is 1.35 bits per heavy atom. The molecule has 1 unspecified atom stereocenters. The summed E-state index contributed by atoms with van der Waals surface area (Å²) in [7, 11) is 2.17. The van der Waals surface area contributed by atoms with Gasteiger partial charge in [-0.2, -0.15) is 0 Å². The maximum atomic E-state index is 5.81. The van der Waals surface area contributed by atoms with Crippen LogP contribution in [-0.4, -0.2) is 38.2 Å². The second kappa shape index (κ2) is 6.03. The molecule has 2 N–H and O–H groups in total. The Kier molecular flexibility index (Phi) is 4.40. The minimum absolute atomic E-state index is 0.684. The van der Waals surface area contributed by atoms with Crippen LogP contribution in [0.15, 0.2) is 24.3 Å². The number of rotatable bonds is 5. The number of hydrogen-bond acceptors (Lipinski definition) is 3. The van der Waals surface area contributed by atoms with Gasteiger partial charge in [0.1, 0.15) is 5.75 Å². The zero-order chi connectivity index (χ0) is 12.1. The standard InChI is InChI=1S/C14H22N2O/c1-16-9-7-13(10-16)11-17-14-4-2-12(3-5-14)6-8-15/h2-5,13H,6-11,15H2,1H3. The number of likely N-dealkylation sites (tertiary alicyclic amines) is 1. The second-order valence-corrected chi connectivity index (χ2v) is 4.91. The van der Waals surface area contributed by atoms with Gasteiger partial charge in [-0.1, -0.05) is 12.1 Å². The van der Waals surface area contributed by atoms with Crippen molar-refractivity contribution in [3.05, 3.63) is 29.8 Å². The van der Waals surface area contributed by atoms with Crippen LogP contribution in [0.1, 0.15) is 12.0 Å². The SMILES string of the molecule is CN1CCC(COc2ccc(CCN)cc2)C1. The number of benzene rings is 1. The van der Waals surface area contributed by atoms with E-state index >= 15 is 0 Å². The minimum atomic E-state index is 0.684. The first kappa shape index (κ1) is 12.4. The molecule has 1 saturated heterocycles. The highest BCUT2D eigenvalue weighted by atomic mass is 16.5. The summed E-state index contributed by atoms with van der Waals surface area (Å²) in [5.41, 5.74) is 6.80. The summed E-state index contributed by atoms with van der Waals surface area (Å²) in [6.07, 6.45) is 2.19. The molecule has 0 bridgehead atoms. The van der Waals surface area contributed by atoms with Gasteiger partial charge in [0.05, 0.1) is 6.61 Å². The van der Waals surface area contributed by atoms with E-state index in [4.69, 9.17) is 10.5 Å². The lowest BCUT2D eigenvalue weighted by Gasteiger charge is -2.12. The van der Waals surface area contributed by atoms with Crippen molar-refractivity contribution in [2.24, 2.45) is 11.7 Å². The summed E-state index contributed by atoms with van der Waals surface area (Å²) >= 11 is 0. The molecular weight excluding hydrogens is 212 g/mol. The summed E-state index contributed by atoms with van der Waals surface area (Å²) in [6, 6.07) is 8.29. The van der Waals surface area contributed by atoms with E-state index in [9.17, 15) is 0 Å². The Morgan fingerprint density at radius 3 is 2.71 bits per heavy atom. The third-order valence-corrected chi connectivity index (χ3v) is 3.33. The van der Waals surface area contributed by atoms with Crippen LogP contribution in [0.3, 0.4) is 0 Å². The minimum Gasteiger partial charge on any atom is -0.493 e. The summed E-state index contributed by atoms with van der Waals surface area (Å²) in [5.74, 6) is 1.66. The lowest BCUT2D eigenvalue weighted by Crippen LogP contribution is -2.17. The molecule has 3 nitrogen and oxygen atoms in total. The third-order valence-electron chi connectivity index (χ3n) is 3.33. The normalized spacial score (nSPS) is 20.7. The Hall–Kier alpha value is -1.06. The van der Waals surface area contributed by atoms with Gasteiger partial charge in [0, 0.05) is 12.5 Å². The molecule has 17 heavy (non-hydrogen) atoms. The number of nitrogens with zero attached hydrogens (tertiary/aromatic N) is 1. The van der Waals surface area contributed by atoms with Crippen LogP contribution in [0, 0.1) is 5.92 Å². The topological polar surface area (TPSA) is 38.5 Å². The Labute approximate surface area is 104 Å². The van der Waals surface area contributed by atoms with Crippen molar-refractivity contribution in [2.75, 3.05) is 33.3 Å². The van der Waals surface area contributed by atoms with Gasteiger partial charge in [0.25, 0.3) is 0 Å². The van der Waals surface area contributed by atoms with Crippen LogP contribution in [0.4, 0.5) is 0 Å². The van der Waals surface area contributed by atoms with E-state index in [1.807, 2.05) is 12.1 Å². The summed E-state index contributed by atoms with van der Waals surface area (Å²) in [4.78, 5) is 2.36. The molecule has 3 heteroatoms. The molecular formula is C14H22N2O. The van der Waals surface area contributed by atoms with E-state index in [0.29, 0.717) is 12.5 Å². The molecule has 1 aromatic carbocycles. The lowest BCUT2D eigenvalue weighted by atomic mass is 10.1. The first-order valence-electron chi connectivity index (χ1n) is 6.38. The van der Waals surface area contributed by atoms with Crippen LogP contribution in [-0.2, 0) is 6.42 Å². The molecule has 1 heterocycles. The molecule has 0 spiro atoms. The average Bonchev–Trinajstić information content (AvgIpc) is 2.75. The number of ether oxygens (including phenoxy) is 1. The van der Waals surface area contributed by atoms with Gasteiger partial charge in [0.2, 0.25) is 0 Å². The molecule has 0 radical (unpaired) electrons. The van der Waals surface area contributed by atoms with Crippen LogP contribution in [0.2, 0.25) is 0 Å². The fourth-order valence-electron chi connectivity index (χ4n) is 2.30. The van der Waals surface area contributed by atoms with Crippen LogP contribution >= 0.6 is 0 Å². The number of hydrogen-bond donors (Lipinski definition) is 1. The van der Waals surface area contributed by atoms with Crippen LogP contribution in [0.5, 0.6) is 5.75 Å². The van der Waals surface area contributed by atoms with Gasteiger partial charge in [-0.25, -0.2) is 0 Å². The monoisotopic (exact) mass is 234 g/mol. The molecule has 94 valence electrons. The zero-order valence-electron chi connectivity index (χ0n) is 10.6. The van der Waals surface area contributed by atoms with Gasteiger partial charge >= 0.3 is 0 Å². The Morgan fingerprint density at radius 2 is 2.12 bits per heavy atom. The molecule has 0 aliphatic carbocycles. The fraction of sp³-hybridized carbons (Fsp3) is 0.571. The fourth-order valence-corrected chi connectivity index (χ4v) is 2.30. The van der Waals surface area contributed by atoms with E-state index in [1.54, 1.807) is 0 Å². The van der Waals surface area contributed by atoms with Crippen molar-refractivity contribution in [2.45, 2.75) is 12.8 Å². The predicted octanol–water partition coefficient (Wildman–Crippen LogP) is 1.52. The Bertz CT molecular complexity index is 337. The molecule has 1 aliphatic rings. The van der Waals surface area contributed by atoms with E-state index in [1.165, 1.54) is 18.5 Å². The van der Waals surface area contributed by atoms with Gasteiger partial charge in [-0.05, 0) is 50.7 Å². The summed E-state index contributed by atoms with van der Waals surface area (Å²) in [6.45, 7) is 3.89. The molecule has 1 aliphatic heterocycles. The maximum absolute atomic E-state index is 5.81. The largest absolute Gasteiger partial charge is 0.493 e. The third kappa shape index (κ3) is 3.72. The first-order chi connectivity index (χ1) is 8.28. The van der Waals surface area contributed by atoms with Gasteiger partial charge in [-0.15, -0.1) is 0 Å². The van der Waals surface area contributed by atoms with Crippen molar-refractivity contribution in [3.8, 4) is 5.75 Å². The molecule has 1 atom stereocenters. The highest BCUT2D eigenvalue weighted by molar-refractivity contribution is 5.27. The van der Waals surface area contributed by atoms with E-state index in [-0.39, 0.29) is 0 Å². The van der Waals surface area contributed by atoms with Gasteiger partial charge < -0.3 is 15.4 Å². The average molecular weight is 234 g/mol. The molecule has 2 rings (SSSR count). The molecule has 0 amide bonds. The quantitative estimate of drug-likeness (QED) is 0.839. The summed E-state index contributed by atoms with van der Waals surface area (Å²) in [5, 5.41) is 0. The van der Waals surface area contributed by atoms with E-state index in [0.717, 1.165) is 25.3 Å². The summed E-state index contributed by atoms with van der Waals surface area (Å²) < 4.78 is 5.81. The second-order valence-electron chi connectivity index (χ2n) is 4.91. The van der Waals surface area contributed by atoms with Crippen LogP contribution < -0.4 is 10.5 Å². The van der Waals surface area contributed by atoms with Crippen molar-refractivity contribution in [1.29, 1.82) is 0 Å². The number of nitrogens with two attached hydrogens (primary N) is 1. The van der Waals surface area contributed by atoms with Crippen molar-refractivity contribution >= 4 is 0 Å². The van der Waals surface area contributed by atoms with Crippen molar-refractivity contribution in [3.63, 3.8) is 0 Å². The van der Waals surface area contributed by atoms with Crippen molar-refractivity contribution in [1.82, 2.24) is 4.90 Å². The van der Waals surface area contributed by atoms with E-state index < -0.39 is 0 Å². The van der Waals surface area contributed by atoms with Crippen molar-refractivity contribution < 1.29 is 4.74 Å². The predicted molar refractivity (Wildman–Crippen MR) is 70.3 cm³/mol. The zero-order valence-corrected chi connectivity index (χ0v) is 10.6. The smallest absolute Gasteiger partial charge is 0.119 e. The molecule has 1 fully saturated rings. The first-order valence-corrected chi connectivity index (χ1v) is 6.38.